The van der Waals surface area contributed by atoms with Gasteiger partial charge < -0.3 is 20.7 Å². The van der Waals surface area contributed by atoms with Gasteiger partial charge in [-0.25, -0.2) is 9.97 Å². The molecule has 0 atom stereocenters. The van der Waals surface area contributed by atoms with Gasteiger partial charge in [0, 0.05) is 31.9 Å². The molecule has 2 heterocycles. The Balaban J connectivity index is 1.83. The number of nitrogens with one attached hydrogen (secondary N) is 1. The van der Waals surface area contributed by atoms with E-state index in [-0.39, 0.29) is 6.61 Å². The van der Waals surface area contributed by atoms with Crippen LogP contribution < -0.4 is 11.1 Å². The van der Waals surface area contributed by atoms with Crippen molar-refractivity contribution in [3.05, 3.63) is 65.0 Å². The zero-order valence-electron chi connectivity index (χ0n) is 18.4. The third kappa shape index (κ3) is 4.27. The number of hydrogen-bond acceptors (Lipinski definition) is 5. The Morgan fingerprint density at radius 2 is 1.74 bits per heavy atom. The van der Waals surface area contributed by atoms with Crippen molar-refractivity contribution >= 4 is 27.8 Å². The lowest BCUT2D eigenvalue weighted by Crippen LogP contribution is -2.07. The molecule has 162 valence electrons. The highest BCUT2D eigenvalue weighted by molar-refractivity contribution is 6.07. The van der Waals surface area contributed by atoms with E-state index in [1.165, 1.54) is 5.56 Å². The van der Waals surface area contributed by atoms with Crippen LogP contribution in [0.25, 0.3) is 21.9 Å². The van der Waals surface area contributed by atoms with Crippen LogP contribution in [0.2, 0.25) is 0 Å². The zero-order valence-corrected chi connectivity index (χ0v) is 18.4. The van der Waals surface area contributed by atoms with Crippen LogP contribution in [-0.4, -0.2) is 26.7 Å². The molecule has 0 fully saturated rings. The van der Waals surface area contributed by atoms with E-state index < -0.39 is 0 Å². The summed E-state index contributed by atoms with van der Waals surface area (Å²) in [7, 11) is 1.88. The summed E-state index contributed by atoms with van der Waals surface area (Å²) in [5.41, 5.74) is 11.9. The Morgan fingerprint density at radius 1 is 1.00 bits per heavy atom. The summed E-state index contributed by atoms with van der Waals surface area (Å²) in [5, 5.41) is 13.9. The molecule has 0 aliphatic carbocycles. The summed E-state index contributed by atoms with van der Waals surface area (Å²) < 4.78 is 2.37. The molecule has 4 rings (SSSR count). The SMILES string of the molecule is CCCCc1nc2c(NC)nc3cc(CO)ccc3c2n1CCc1ccc(CN)cc1. The van der Waals surface area contributed by atoms with Gasteiger partial charge in [-0.2, -0.15) is 0 Å². The summed E-state index contributed by atoms with van der Waals surface area (Å²) in [6.07, 6.45) is 4.09. The van der Waals surface area contributed by atoms with Crippen molar-refractivity contribution in [2.75, 3.05) is 12.4 Å². The monoisotopic (exact) mass is 417 g/mol. The van der Waals surface area contributed by atoms with Crippen LogP contribution in [0.3, 0.4) is 0 Å². The average molecular weight is 418 g/mol. The molecular weight excluding hydrogens is 386 g/mol. The molecule has 31 heavy (non-hydrogen) atoms. The highest BCUT2D eigenvalue weighted by atomic mass is 16.3. The van der Waals surface area contributed by atoms with Crippen LogP contribution in [0.15, 0.2) is 42.5 Å². The largest absolute Gasteiger partial charge is 0.392 e. The number of aromatic nitrogens is 3. The van der Waals surface area contributed by atoms with E-state index >= 15 is 0 Å². The number of nitrogens with zero attached hydrogens (tertiary/aromatic N) is 3. The Hall–Kier alpha value is -2.96. The predicted octanol–water partition coefficient (Wildman–Crippen LogP) is 4.16. The second-order valence-electron chi connectivity index (χ2n) is 7.97. The normalized spacial score (nSPS) is 11.5. The highest BCUT2D eigenvalue weighted by Crippen LogP contribution is 2.31. The molecule has 0 saturated carbocycles. The van der Waals surface area contributed by atoms with Crippen LogP contribution >= 0.6 is 0 Å². The molecule has 0 spiro atoms. The van der Waals surface area contributed by atoms with Gasteiger partial charge in [-0.05, 0) is 35.6 Å². The Labute approximate surface area is 183 Å². The van der Waals surface area contributed by atoms with Crippen LogP contribution in [0.1, 0.15) is 42.3 Å². The van der Waals surface area contributed by atoms with Crippen molar-refractivity contribution in [3.8, 4) is 0 Å². The molecule has 6 nitrogen and oxygen atoms in total. The number of unbranched alkanes of at least 4 members (excludes halogenated alkanes) is 1. The van der Waals surface area contributed by atoms with Crippen LogP contribution in [0.4, 0.5) is 5.82 Å². The lowest BCUT2D eigenvalue weighted by Gasteiger charge is -2.12. The molecule has 4 aromatic rings. The predicted molar refractivity (Wildman–Crippen MR) is 127 cm³/mol. The van der Waals surface area contributed by atoms with Gasteiger partial charge >= 0.3 is 0 Å². The first-order valence-corrected chi connectivity index (χ1v) is 11.1. The first kappa shape index (κ1) is 21.3. The Morgan fingerprint density at radius 3 is 2.42 bits per heavy atom. The molecule has 2 aromatic carbocycles. The lowest BCUT2D eigenvalue weighted by atomic mass is 10.1. The summed E-state index contributed by atoms with van der Waals surface area (Å²) in [4.78, 5) is 9.82. The minimum absolute atomic E-state index is 0.00432. The summed E-state index contributed by atoms with van der Waals surface area (Å²) in [5.74, 6) is 1.88. The molecule has 4 N–H and O–H groups in total. The van der Waals surface area contributed by atoms with E-state index in [0.29, 0.717) is 6.54 Å². The molecule has 0 aliphatic heterocycles. The first-order valence-electron chi connectivity index (χ1n) is 11.1. The van der Waals surface area contributed by atoms with Crippen LogP contribution in [0.5, 0.6) is 0 Å². The first-order chi connectivity index (χ1) is 15.2. The fourth-order valence-electron chi connectivity index (χ4n) is 4.10. The quantitative estimate of drug-likeness (QED) is 0.380. The number of anilines is 1. The number of rotatable bonds is 9. The molecule has 0 aliphatic rings. The van der Waals surface area contributed by atoms with Gasteiger partial charge in [-0.1, -0.05) is 49.7 Å². The van der Waals surface area contributed by atoms with Crippen molar-refractivity contribution < 1.29 is 5.11 Å². The molecule has 0 amide bonds. The number of aryl methyl sites for hydroxylation is 3. The minimum atomic E-state index is 0.00432. The van der Waals surface area contributed by atoms with Gasteiger partial charge in [0.2, 0.25) is 0 Å². The second-order valence-corrected chi connectivity index (χ2v) is 7.97. The summed E-state index contributed by atoms with van der Waals surface area (Å²) >= 11 is 0. The number of hydrogen-bond donors (Lipinski definition) is 3. The number of fused-ring (bicyclic) bond motifs is 3. The summed E-state index contributed by atoms with van der Waals surface area (Å²) in [6.45, 7) is 3.62. The van der Waals surface area contributed by atoms with E-state index in [4.69, 9.17) is 15.7 Å². The molecule has 0 saturated heterocycles. The zero-order chi connectivity index (χ0) is 21.8. The molecular formula is C25H31N5O. The van der Waals surface area contributed by atoms with Crippen molar-refractivity contribution in [3.63, 3.8) is 0 Å². The van der Waals surface area contributed by atoms with Crippen molar-refractivity contribution in [1.82, 2.24) is 14.5 Å². The fourth-order valence-corrected chi connectivity index (χ4v) is 4.10. The van der Waals surface area contributed by atoms with Gasteiger partial charge in [-0.3, -0.25) is 0 Å². The van der Waals surface area contributed by atoms with E-state index in [1.807, 2.05) is 19.2 Å². The van der Waals surface area contributed by atoms with Gasteiger partial charge in [0.1, 0.15) is 11.3 Å². The van der Waals surface area contributed by atoms with Crippen molar-refractivity contribution in [2.45, 2.75) is 52.3 Å². The van der Waals surface area contributed by atoms with E-state index in [0.717, 1.165) is 76.9 Å². The number of benzene rings is 2. The maximum absolute atomic E-state index is 9.57. The van der Waals surface area contributed by atoms with Crippen molar-refractivity contribution in [2.24, 2.45) is 5.73 Å². The van der Waals surface area contributed by atoms with Gasteiger partial charge in [0.05, 0.1) is 17.6 Å². The Kier molecular flexibility index (Phi) is 6.49. The van der Waals surface area contributed by atoms with Crippen LogP contribution in [-0.2, 0) is 32.5 Å². The molecule has 0 radical (unpaired) electrons. The maximum Gasteiger partial charge on any atom is 0.154 e. The fraction of sp³-hybridized carbons (Fsp3) is 0.360. The number of imidazole rings is 1. The number of aliphatic hydroxyl groups is 1. The van der Waals surface area contributed by atoms with E-state index in [1.54, 1.807) is 0 Å². The van der Waals surface area contributed by atoms with Crippen LogP contribution in [0, 0.1) is 0 Å². The van der Waals surface area contributed by atoms with Gasteiger partial charge in [-0.15, -0.1) is 0 Å². The maximum atomic E-state index is 9.57. The molecule has 0 unspecified atom stereocenters. The van der Waals surface area contributed by atoms with Crippen molar-refractivity contribution in [1.29, 1.82) is 0 Å². The lowest BCUT2D eigenvalue weighted by molar-refractivity contribution is 0.282. The number of nitrogens with two attached hydrogens (primary N) is 1. The third-order valence-electron chi connectivity index (χ3n) is 5.88. The minimum Gasteiger partial charge on any atom is -0.392 e. The molecule has 6 heteroatoms. The standard InChI is InChI=1S/C25H31N5O/c1-3-4-5-22-29-23-24(30(22)13-12-17-6-8-18(15-26)9-7-17)20-11-10-19(16-31)14-21(20)28-25(23)27-2/h6-11,14,31H,3-5,12-13,15-16,26H2,1-2H3,(H,27,28). The third-order valence-corrected chi connectivity index (χ3v) is 5.88. The molecule has 0 bridgehead atoms. The summed E-state index contributed by atoms with van der Waals surface area (Å²) in [6, 6.07) is 14.5. The van der Waals surface area contributed by atoms with E-state index in [9.17, 15) is 5.11 Å². The number of pyridine rings is 1. The second kappa shape index (κ2) is 9.45. The molecule has 2 aromatic heterocycles. The highest BCUT2D eigenvalue weighted by Gasteiger charge is 2.18. The van der Waals surface area contributed by atoms with E-state index in [2.05, 4.69) is 47.1 Å². The Bertz CT molecular complexity index is 1180. The van der Waals surface area contributed by atoms with Gasteiger partial charge in [0.25, 0.3) is 0 Å². The number of aliphatic hydroxyl groups excluding tert-OH is 1. The average Bonchev–Trinajstić information content (AvgIpc) is 3.19. The topological polar surface area (TPSA) is 89.0 Å². The van der Waals surface area contributed by atoms with Gasteiger partial charge in [0.15, 0.2) is 5.82 Å². The smallest absolute Gasteiger partial charge is 0.154 e.